The number of nitrogen functional groups attached to an aromatic ring is 1. The molecule has 0 atom stereocenters. The van der Waals surface area contributed by atoms with Gasteiger partial charge >= 0.3 is 0 Å². The number of thiophene rings is 1. The highest BCUT2D eigenvalue weighted by Crippen LogP contribution is 2.31. The van der Waals surface area contributed by atoms with Gasteiger partial charge in [0, 0.05) is 10.6 Å². The number of ether oxygens (including phenoxy) is 1. The predicted octanol–water partition coefficient (Wildman–Crippen LogP) is 2.84. The standard InChI is InChI=1S/C15H15N3O2S/c1-9-10(2)21-15(13(9)7-16)18-14(19)8-20-12-5-3-11(17)4-6-12/h3-6H,8,17H2,1-2H3,(H,18,19). The van der Waals surface area contributed by atoms with Gasteiger partial charge in [-0.1, -0.05) is 0 Å². The number of benzene rings is 1. The van der Waals surface area contributed by atoms with Crippen LogP contribution in [0.5, 0.6) is 5.75 Å². The SMILES string of the molecule is Cc1sc(NC(=O)COc2ccc(N)cc2)c(C#N)c1C. The third-order valence-corrected chi connectivity index (χ3v) is 4.12. The molecule has 6 heteroatoms. The van der Waals surface area contributed by atoms with Crippen molar-refractivity contribution in [3.63, 3.8) is 0 Å². The second-order valence-corrected chi connectivity index (χ2v) is 5.73. The largest absolute Gasteiger partial charge is 0.484 e. The molecule has 0 saturated carbocycles. The lowest BCUT2D eigenvalue weighted by molar-refractivity contribution is -0.118. The van der Waals surface area contributed by atoms with Crippen LogP contribution in [0, 0.1) is 25.2 Å². The van der Waals surface area contributed by atoms with Crippen molar-refractivity contribution in [2.45, 2.75) is 13.8 Å². The zero-order chi connectivity index (χ0) is 15.4. The molecule has 3 N–H and O–H groups in total. The number of nitrogens with two attached hydrogens (primary N) is 1. The number of hydrogen-bond donors (Lipinski definition) is 2. The first-order valence-corrected chi connectivity index (χ1v) is 7.11. The van der Waals surface area contributed by atoms with E-state index in [4.69, 9.17) is 15.7 Å². The maximum absolute atomic E-state index is 11.9. The maximum atomic E-state index is 11.9. The molecule has 108 valence electrons. The molecular weight excluding hydrogens is 286 g/mol. The van der Waals surface area contributed by atoms with E-state index in [2.05, 4.69) is 11.4 Å². The average Bonchev–Trinajstić information content (AvgIpc) is 2.72. The summed E-state index contributed by atoms with van der Waals surface area (Å²) in [6.45, 7) is 3.66. The van der Waals surface area contributed by atoms with E-state index in [-0.39, 0.29) is 12.5 Å². The molecule has 0 fully saturated rings. The molecule has 5 nitrogen and oxygen atoms in total. The van der Waals surface area contributed by atoms with Gasteiger partial charge < -0.3 is 15.8 Å². The first-order chi connectivity index (χ1) is 10.0. The van der Waals surface area contributed by atoms with Crippen molar-refractivity contribution in [2.75, 3.05) is 17.7 Å². The van der Waals surface area contributed by atoms with Gasteiger partial charge in [0.1, 0.15) is 16.8 Å². The van der Waals surface area contributed by atoms with E-state index in [1.54, 1.807) is 24.3 Å². The number of nitriles is 1. The van der Waals surface area contributed by atoms with Gasteiger partial charge in [0.25, 0.3) is 5.91 Å². The van der Waals surface area contributed by atoms with E-state index >= 15 is 0 Å². The van der Waals surface area contributed by atoms with Gasteiger partial charge in [0.15, 0.2) is 6.61 Å². The zero-order valence-corrected chi connectivity index (χ0v) is 12.6. The highest BCUT2D eigenvalue weighted by molar-refractivity contribution is 7.16. The number of nitrogens with zero attached hydrogens (tertiary/aromatic N) is 1. The van der Waals surface area contributed by atoms with Crippen molar-refractivity contribution in [2.24, 2.45) is 0 Å². The first kappa shape index (κ1) is 14.9. The van der Waals surface area contributed by atoms with Gasteiger partial charge in [-0.15, -0.1) is 11.3 Å². The minimum atomic E-state index is -0.301. The number of rotatable bonds is 4. The molecule has 0 aliphatic carbocycles. The molecule has 1 aromatic heterocycles. The molecule has 0 radical (unpaired) electrons. The van der Waals surface area contributed by atoms with Crippen molar-refractivity contribution < 1.29 is 9.53 Å². The van der Waals surface area contributed by atoms with Crippen LogP contribution >= 0.6 is 11.3 Å². The molecule has 0 unspecified atom stereocenters. The minimum absolute atomic E-state index is 0.120. The second kappa shape index (κ2) is 6.29. The molecule has 0 bridgehead atoms. The number of hydrogen-bond acceptors (Lipinski definition) is 5. The Labute approximate surface area is 127 Å². The average molecular weight is 301 g/mol. The maximum Gasteiger partial charge on any atom is 0.262 e. The van der Waals surface area contributed by atoms with Crippen LogP contribution < -0.4 is 15.8 Å². The summed E-state index contributed by atoms with van der Waals surface area (Å²) in [5, 5.41) is 12.4. The fraction of sp³-hybridized carbons (Fsp3) is 0.200. The molecule has 1 aromatic carbocycles. The molecule has 21 heavy (non-hydrogen) atoms. The van der Waals surface area contributed by atoms with Crippen molar-refractivity contribution in [3.05, 3.63) is 40.3 Å². The topological polar surface area (TPSA) is 88.1 Å². The molecule has 1 heterocycles. The van der Waals surface area contributed by atoms with E-state index < -0.39 is 0 Å². The van der Waals surface area contributed by atoms with Crippen LogP contribution in [0.25, 0.3) is 0 Å². The lowest BCUT2D eigenvalue weighted by Crippen LogP contribution is -2.20. The third kappa shape index (κ3) is 3.52. The van der Waals surface area contributed by atoms with Crippen LogP contribution in [0.3, 0.4) is 0 Å². The summed E-state index contributed by atoms with van der Waals surface area (Å²) in [4.78, 5) is 12.9. The molecule has 0 aliphatic heterocycles. The Morgan fingerprint density at radius 1 is 1.38 bits per heavy atom. The van der Waals surface area contributed by atoms with Crippen LogP contribution in [-0.4, -0.2) is 12.5 Å². The Bertz CT molecular complexity index is 699. The number of amides is 1. The Hall–Kier alpha value is -2.52. The molecule has 0 saturated heterocycles. The van der Waals surface area contributed by atoms with E-state index in [0.717, 1.165) is 10.4 Å². The van der Waals surface area contributed by atoms with Crippen LogP contribution in [0.2, 0.25) is 0 Å². The lowest BCUT2D eigenvalue weighted by atomic mass is 10.2. The van der Waals surface area contributed by atoms with E-state index in [9.17, 15) is 4.79 Å². The molecule has 0 spiro atoms. The van der Waals surface area contributed by atoms with Crippen molar-refractivity contribution >= 4 is 27.9 Å². The lowest BCUT2D eigenvalue weighted by Gasteiger charge is -2.06. The van der Waals surface area contributed by atoms with E-state index in [1.165, 1.54) is 11.3 Å². The minimum Gasteiger partial charge on any atom is -0.484 e. The number of carbonyl (C=O) groups excluding carboxylic acids is 1. The number of anilines is 2. The summed E-state index contributed by atoms with van der Waals surface area (Å²) in [5.74, 6) is 0.267. The summed E-state index contributed by atoms with van der Waals surface area (Å²) in [7, 11) is 0. The molecular formula is C15H15N3O2S. The fourth-order valence-electron chi connectivity index (χ4n) is 1.73. The van der Waals surface area contributed by atoms with Crippen LogP contribution in [0.1, 0.15) is 16.0 Å². The Morgan fingerprint density at radius 2 is 2.05 bits per heavy atom. The first-order valence-electron chi connectivity index (χ1n) is 6.29. The number of carbonyl (C=O) groups is 1. The van der Waals surface area contributed by atoms with Gasteiger partial charge in [0.2, 0.25) is 0 Å². The smallest absolute Gasteiger partial charge is 0.262 e. The third-order valence-electron chi connectivity index (χ3n) is 3.00. The normalized spacial score (nSPS) is 9.95. The van der Waals surface area contributed by atoms with Crippen LogP contribution in [0.15, 0.2) is 24.3 Å². The quantitative estimate of drug-likeness (QED) is 0.850. The van der Waals surface area contributed by atoms with Crippen molar-refractivity contribution in [1.29, 1.82) is 5.26 Å². The number of aryl methyl sites for hydroxylation is 1. The van der Waals surface area contributed by atoms with Crippen molar-refractivity contribution in [1.82, 2.24) is 0 Å². The molecule has 2 aromatic rings. The fourth-order valence-corrected chi connectivity index (χ4v) is 2.75. The van der Waals surface area contributed by atoms with Gasteiger partial charge in [-0.2, -0.15) is 5.26 Å². The van der Waals surface area contributed by atoms with Gasteiger partial charge in [-0.25, -0.2) is 0 Å². The summed E-state index contributed by atoms with van der Waals surface area (Å²) >= 11 is 1.39. The monoisotopic (exact) mass is 301 g/mol. The Balaban J connectivity index is 1.98. The molecule has 0 aliphatic rings. The highest BCUT2D eigenvalue weighted by Gasteiger charge is 2.14. The van der Waals surface area contributed by atoms with Gasteiger partial charge in [-0.05, 0) is 43.7 Å². The van der Waals surface area contributed by atoms with Gasteiger partial charge in [0.05, 0.1) is 5.56 Å². The summed E-state index contributed by atoms with van der Waals surface area (Å²) in [6, 6.07) is 8.91. The Morgan fingerprint density at radius 3 is 2.67 bits per heavy atom. The molecule has 2 rings (SSSR count). The number of nitrogens with one attached hydrogen (secondary N) is 1. The summed E-state index contributed by atoms with van der Waals surface area (Å²) < 4.78 is 5.36. The molecule has 1 amide bonds. The van der Waals surface area contributed by atoms with Crippen molar-refractivity contribution in [3.8, 4) is 11.8 Å². The predicted molar refractivity (Wildman–Crippen MR) is 83.5 cm³/mol. The van der Waals surface area contributed by atoms with Crippen LogP contribution in [0.4, 0.5) is 10.7 Å². The highest BCUT2D eigenvalue weighted by atomic mass is 32.1. The van der Waals surface area contributed by atoms with E-state index in [1.807, 2.05) is 13.8 Å². The van der Waals surface area contributed by atoms with Gasteiger partial charge in [-0.3, -0.25) is 4.79 Å². The van der Waals surface area contributed by atoms with Crippen LogP contribution in [-0.2, 0) is 4.79 Å². The Kier molecular flexibility index (Phi) is 4.45. The second-order valence-electron chi connectivity index (χ2n) is 4.51. The summed E-state index contributed by atoms with van der Waals surface area (Å²) in [5.41, 5.74) is 7.62. The summed E-state index contributed by atoms with van der Waals surface area (Å²) in [6.07, 6.45) is 0. The zero-order valence-electron chi connectivity index (χ0n) is 11.8. The van der Waals surface area contributed by atoms with E-state index in [0.29, 0.717) is 22.0 Å².